The number of rotatable bonds is 7. The summed E-state index contributed by atoms with van der Waals surface area (Å²) in [7, 11) is 6.01. The van der Waals surface area contributed by atoms with Gasteiger partial charge in [0.2, 0.25) is 5.91 Å². The number of nitrogens with one attached hydrogen (secondary N) is 2. The number of ether oxygens (including phenoxy) is 2. The number of nitrogens with zero attached hydrogens (tertiary/aromatic N) is 1. The number of methoxy groups -OCH3 is 2. The van der Waals surface area contributed by atoms with E-state index in [1.165, 1.54) is 20.3 Å². The fourth-order valence-corrected chi connectivity index (χ4v) is 6.87. The summed E-state index contributed by atoms with van der Waals surface area (Å²) in [5, 5.41) is 23.2. The molecular weight excluding hydrogens is 519 g/mol. The average molecular weight is 559 g/mol. The highest BCUT2D eigenvalue weighted by atomic mass is 19.1. The first-order valence-electron chi connectivity index (χ1n) is 13.4. The summed E-state index contributed by atoms with van der Waals surface area (Å²) < 4.78 is 27.6. The Balaban J connectivity index is 1.89. The summed E-state index contributed by atoms with van der Waals surface area (Å²) in [4.78, 5) is 41.6. The molecule has 1 saturated carbocycles. The number of aromatic hydroxyl groups is 1. The van der Waals surface area contributed by atoms with Crippen LogP contribution >= 0.6 is 0 Å². The molecule has 3 aliphatic rings. The van der Waals surface area contributed by atoms with Gasteiger partial charge in [0.15, 0.2) is 17.2 Å². The van der Waals surface area contributed by atoms with E-state index in [1.807, 2.05) is 20.8 Å². The largest absolute Gasteiger partial charge is 0.507 e. The second-order valence-electron chi connectivity index (χ2n) is 12.2. The molecule has 1 fully saturated rings. The van der Waals surface area contributed by atoms with Crippen LogP contribution in [0, 0.1) is 29.0 Å². The molecule has 1 amide bonds. The lowest BCUT2D eigenvalue weighted by molar-refractivity contribution is -0.143. The van der Waals surface area contributed by atoms with E-state index in [2.05, 4.69) is 5.32 Å². The van der Waals surface area contributed by atoms with Gasteiger partial charge in [-0.2, -0.15) is 0 Å². The molecule has 1 aromatic rings. The predicted octanol–water partition coefficient (Wildman–Crippen LogP) is 1.76. The third kappa shape index (κ3) is 4.44. The van der Waals surface area contributed by atoms with Crippen LogP contribution in [0.1, 0.15) is 48.7 Å². The maximum Gasteiger partial charge on any atom is 0.233 e. The van der Waals surface area contributed by atoms with E-state index in [-0.39, 0.29) is 46.6 Å². The number of carbonyl (C=O) groups is 3. The number of allylic oxidation sites excluding steroid dienone is 1. The van der Waals surface area contributed by atoms with Crippen molar-refractivity contribution >= 4 is 23.2 Å². The lowest BCUT2D eigenvalue weighted by atomic mass is 9.56. The summed E-state index contributed by atoms with van der Waals surface area (Å²) in [6, 6.07) is 0.399. The summed E-state index contributed by atoms with van der Waals surface area (Å²) in [5.41, 5.74) is 3.71. The average Bonchev–Trinajstić information content (AvgIpc) is 2.84. The van der Waals surface area contributed by atoms with E-state index in [0.29, 0.717) is 18.5 Å². The Morgan fingerprint density at radius 3 is 2.48 bits per heavy atom. The highest BCUT2D eigenvalue weighted by Crippen LogP contribution is 2.54. The number of primary amides is 1. The minimum Gasteiger partial charge on any atom is -0.507 e. The number of fused-ring (bicyclic) bond motifs is 3. The molecular formula is C29H39FN4O6. The third-order valence-corrected chi connectivity index (χ3v) is 8.45. The van der Waals surface area contributed by atoms with Crippen molar-refractivity contribution in [1.82, 2.24) is 10.2 Å². The molecule has 11 heteroatoms. The van der Waals surface area contributed by atoms with Gasteiger partial charge in [-0.3, -0.25) is 19.3 Å². The van der Waals surface area contributed by atoms with Crippen molar-refractivity contribution in [2.75, 3.05) is 34.9 Å². The van der Waals surface area contributed by atoms with Gasteiger partial charge in [0, 0.05) is 29.7 Å². The normalized spacial score (nSPS) is 28.4. The van der Waals surface area contributed by atoms with Gasteiger partial charge in [-0.15, -0.1) is 0 Å². The van der Waals surface area contributed by atoms with E-state index in [9.17, 15) is 19.5 Å². The Kier molecular flexibility index (Phi) is 7.72. The van der Waals surface area contributed by atoms with Crippen LogP contribution in [0.3, 0.4) is 0 Å². The standard InChI is InChI=1S/C29H39FN4O6/c1-28(2,3)33-9-8-13-12-17(35)19-15(21(13)30)10-14-11-16-22(34(4)5)24(37)20(27(32)38)25(31)29(16,40-7)26(39-6)18(14)23(19)36/h12,14,16,20,22,31,33,35H,8-11H2,1-7H3,(H2,32,38). The summed E-state index contributed by atoms with van der Waals surface area (Å²) in [6.07, 6.45) is 0.577. The minimum absolute atomic E-state index is 0.0132. The molecule has 218 valence electrons. The molecule has 3 aliphatic carbocycles. The number of Topliss-reactive ketones (excluding diaryl/α,β-unsaturated/α-hetero) is 2. The smallest absolute Gasteiger partial charge is 0.233 e. The van der Waals surface area contributed by atoms with Crippen molar-refractivity contribution in [3.63, 3.8) is 0 Å². The Labute approximate surface area is 233 Å². The number of likely N-dealkylation sites (N-methyl/N-ethyl adjacent to an activating group) is 1. The molecule has 5 N–H and O–H groups in total. The van der Waals surface area contributed by atoms with Gasteiger partial charge in [0.1, 0.15) is 23.2 Å². The number of hydrogen-bond acceptors (Lipinski definition) is 9. The predicted molar refractivity (Wildman–Crippen MR) is 146 cm³/mol. The number of hydrogen-bond donors (Lipinski definition) is 4. The third-order valence-electron chi connectivity index (χ3n) is 8.45. The van der Waals surface area contributed by atoms with Crippen LogP contribution in [0.4, 0.5) is 4.39 Å². The zero-order valence-corrected chi connectivity index (χ0v) is 24.1. The molecule has 1 aromatic carbocycles. The van der Waals surface area contributed by atoms with Crippen LogP contribution in [0.15, 0.2) is 17.4 Å². The summed E-state index contributed by atoms with van der Waals surface area (Å²) >= 11 is 0. The van der Waals surface area contributed by atoms with Crippen LogP contribution in [-0.4, -0.2) is 85.2 Å². The van der Waals surface area contributed by atoms with Crippen molar-refractivity contribution in [3.05, 3.63) is 39.9 Å². The maximum atomic E-state index is 15.9. The number of benzene rings is 1. The number of halogens is 1. The van der Waals surface area contributed by atoms with Crippen molar-refractivity contribution in [1.29, 1.82) is 5.41 Å². The van der Waals surface area contributed by atoms with Crippen molar-refractivity contribution in [2.45, 2.75) is 57.2 Å². The number of carbonyl (C=O) groups excluding carboxylic acids is 3. The topological polar surface area (TPSA) is 155 Å². The number of phenolic OH excluding ortho intramolecular Hbond substituents is 1. The Hall–Kier alpha value is -3.15. The molecule has 0 spiro atoms. The molecule has 0 aromatic heterocycles. The summed E-state index contributed by atoms with van der Waals surface area (Å²) in [6.45, 7) is 6.47. The Morgan fingerprint density at radius 2 is 1.95 bits per heavy atom. The Morgan fingerprint density at radius 1 is 1.30 bits per heavy atom. The number of nitrogens with two attached hydrogens (primary N) is 1. The number of ketones is 2. The molecule has 40 heavy (non-hydrogen) atoms. The van der Waals surface area contributed by atoms with E-state index >= 15 is 4.39 Å². The highest BCUT2D eigenvalue weighted by molar-refractivity contribution is 6.26. The van der Waals surface area contributed by atoms with E-state index < -0.39 is 58.4 Å². The monoisotopic (exact) mass is 558 g/mol. The van der Waals surface area contributed by atoms with Crippen LogP contribution in [-0.2, 0) is 31.9 Å². The zero-order chi connectivity index (χ0) is 29.9. The lowest BCUT2D eigenvalue weighted by Gasteiger charge is -2.54. The lowest BCUT2D eigenvalue weighted by Crippen LogP contribution is -2.70. The molecule has 0 saturated heterocycles. The van der Waals surface area contributed by atoms with E-state index in [4.69, 9.17) is 20.6 Å². The molecule has 10 nitrogen and oxygen atoms in total. The summed E-state index contributed by atoms with van der Waals surface area (Å²) in [5.74, 6) is -5.92. The van der Waals surface area contributed by atoms with Gasteiger partial charge in [-0.25, -0.2) is 4.39 Å². The second kappa shape index (κ2) is 10.4. The van der Waals surface area contributed by atoms with Gasteiger partial charge in [-0.1, -0.05) is 0 Å². The zero-order valence-electron chi connectivity index (χ0n) is 24.1. The minimum atomic E-state index is -1.73. The fraction of sp³-hybridized carbons (Fsp3) is 0.586. The number of phenols is 1. The molecule has 5 atom stereocenters. The van der Waals surface area contributed by atoms with Gasteiger partial charge in [0.25, 0.3) is 0 Å². The number of amides is 1. The molecule has 0 heterocycles. The van der Waals surface area contributed by atoms with Crippen LogP contribution in [0.2, 0.25) is 0 Å². The van der Waals surface area contributed by atoms with Crippen LogP contribution < -0.4 is 11.1 Å². The Bertz CT molecular complexity index is 1320. The van der Waals surface area contributed by atoms with Crippen LogP contribution in [0.25, 0.3) is 0 Å². The highest BCUT2D eigenvalue weighted by Gasteiger charge is 2.66. The molecule has 0 bridgehead atoms. The van der Waals surface area contributed by atoms with Gasteiger partial charge < -0.3 is 31.0 Å². The van der Waals surface area contributed by atoms with Crippen LogP contribution in [0.5, 0.6) is 5.75 Å². The van der Waals surface area contributed by atoms with E-state index in [1.54, 1.807) is 19.0 Å². The fourth-order valence-electron chi connectivity index (χ4n) is 6.87. The molecule has 4 rings (SSSR count). The van der Waals surface area contributed by atoms with Gasteiger partial charge >= 0.3 is 0 Å². The quantitative estimate of drug-likeness (QED) is 0.369. The van der Waals surface area contributed by atoms with Crippen molar-refractivity contribution in [2.24, 2.45) is 23.5 Å². The van der Waals surface area contributed by atoms with E-state index in [0.717, 1.165) is 0 Å². The first kappa shape index (κ1) is 29.8. The molecule has 0 aliphatic heterocycles. The first-order valence-corrected chi connectivity index (χ1v) is 13.4. The van der Waals surface area contributed by atoms with Crippen molar-refractivity contribution < 1.29 is 33.4 Å². The van der Waals surface area contributed by atoms with Crippen molar-refractivity contribution in [3.8, 4) is 5.75 Å². The molecule has 0 radical (unpaired) electrons. The van der Waals surface area contributed by atoms with Gasteiger partial charge in [0.05, 0.1) is 24.4 Å². The first-order chi connectivity index (χ1) is 18.6. The second-order valence-corrected chi connectivity index (χ2v) is 12.2. The molecule has 5 unspecified atom stereocenters. The maximum absolute atomic E-state index is 15.9. The SMILES string of the molecule is COC1=C2C(=O)c3c(O)cc(CCNC(C)(C)C)c(F)c3CC2CC2C(N(C)C)C(=O)C(C(N)=O)C(=N)C12OC. The van der Waals surface area contributed by atoms with Gasteiger partial charge in [-0.05, 0) is 78.2 Å².